The molecule has 0 spiro atoms. The van der Waals surface area contributed by atoms with E-state index in [4.69, 9.17) is 4.52 Å². The van der Waals surface area contributed by atoms with Gasteiger partial charge < -0.3 is 9.84 Å². The molecule has 1 unspecified atom stereocenters. The Labute approximate surface area is 193 Å². The number of piperidine rings is 1. The molecule has 1 saturated heterocycles. The Kier molecular flexibility index (Phi) is 6.90. The van der Waals surface area contributed by atoms with Crippen LogP contribution in [0.1, 0.15) is 37.3 Å². The van der Waals surface area contributed by atoms with Gasteiger partial charge in [-0.2, -0.15) is 4.98 Å². The van der Waals surface area contributed by atoms with Gasteiger partial charge in [0.1, 0.15) is 0 Å². The van der Waals surface area contributed by atoms with Crippen LogP contribution in [0.15, 0.2) is 64.0 Å². The Morgan fingerprint density at radius 3 is 2.42 bits per heavy atom. The van der Waals surface area contributed by atoms with Gasteiger partial charge in [-0.1, -0.05) is 47.6 Å². The largest absolute Gasteiger partial charge is 0.349 e. The molecule has 3 aromatic rings. The number of likely N-dealkylation sites (tertiary alicyclic amines) is 1. The molecule has 0 bridgehead atoms. The first-order chi connectivity index (χ1) is 15.8. The van der Waals surface area contributed by atoms with Gasteiger partial charge in [0.2, 0.25) is 17.6 Å². The molecule has 174 valence electrons. The quantitative estimate of drug-likeness (QED) is 0.567. The van der Waals surface area contributed by atoms with Gasteiger partial charge in [-0.05, 0) is 50.6 Å². The van der Waals surface area contributed by atoms with Gasteiger partial charge in [0, 0.05) is 17.7 Å². The molecule has 4 rings (SSSR count). The van der Waals surface area contributed by atoms with E-state index in [1.54, 1.807) is 24.3 Å². The second-order valence-electron chi connectivity index (χ2n) is 8.50. The average molecular weight is 469 g/mol. The van der Waals surface area contributed by atoms with Crippen molar-refractivity contribution < 1.29 is 17.7 Å². The first kappa shape index (κ1) is 23.1. The topological polar surface area (TPSA) is 105 Å². The summed E-state index contributed by atoms with van der Waals surface area (Å²) in [6.07, 6.45) is 2.69. The minimum atomic E-state index is -3.23. The van der Waals surface area contributed by atoms with Crippen molar-refractivity contribution in [2.75, 3.05) is 19.3 Å². The van der Waals surface area contributed by atoms with Gasteiger partial charge in [0.15, 0.2) is 9.84 Å². The number of benzene rings is 2. The fourth-order valence-electron chi connectivity index (χ4n) is 3.99. The summed E-state index contributed by atoms with van der Waals surface area (Å²) < 4.78 is 28.6. The number of sulfone groups is 1. The molecule has 1 atom stereocenters. The minimum absolute atomic E-state index is 0.0264. The number of rotatable bonds is 7. The van der Waals surface area contributed by atoms with Crippen LogP contribution in [-0.2, 0) is 21.2 Å². The molecule has 0 saturated carbocycles. The number of hydrogen-bond donors (Lipinski definition) is 1. The summed E-state index contributed by atoms with van der Waals surface area (Å²) >= 11 is 0. The van der Waals surface area contributed by atoms with Crippen molar-refractivity contribution in [3.05, 3.63) is 66.1 Å². The number of nitrogens with one attached hydrogen (secondary N) is 1. The number of aromatic nitrogens is 2. The second-order valence-corrected chi connectivity index (χ2v) is 10.5. The molecule has 0 aliphatic carbocycles. The molecule has 8 nitrogen and oxygen atoms in total. The zero-order valence-electron chi connectivity index (χ0n) is 18.8. The number of nitrogens with zero attached hydrogens (tertiary/aromatic N) is 3. The normalized spacial score (nSPS) is 16.4. The first-order valence-corrected chi connectivity index (χ1v) is 12.9. The van der Waals surface area contributed by atoms with E-state index in [1.165, 1.54) is 6.26 Å². The Balaban J connectivity index is 1.26. The predicted molar refractivity (Wildman–Crippen MR) is 124 cm³/mol. The Bertz CT molecular complexity index is 1180. The molecular weight excluding hydrogens is 440 g/mol. The Morgan fingerprint density at radius 1 is 1.12 bits per heavy atom. The van der Waals surface area contributed by atoms with Crippen LogP contribution in [0.25, 0.3) is 11.4 Å². The zero-order valence-corrected chi connectivity index (χ0v) is 19.6. The first-order valence-electron chi connectivity index (χ1n) is 11.0. The fraction of sp³-hybridized carbons (Fsp3) is 0.375. The van der Waals surface area contributed by atoms with Crippen LogP contribution in [-0.4, -0.2) is 48.7 Å². The third-order valence-electron chi connectivity index (χ3n) is 5.98. The van der Waals surface area contributed by atoms with E-state index in [0.29, 0.717) is 18.3 Å². The number of carbonyl (C=O) groups is 1. The maximum absolute atomic E-state index is 12.8. The standard InChI is InChI=1S/C24H28N4O4S/c1-17(18-8-10-21(11-9-18)33(2,30)31)25-24(29)20-12-14-28(15-13-20)16-22-26-23(27-32-22)19-6-4-3-5-7-19/h3-11,17,20H,12-16H2,1-2H3,(H,25,29). The van der Waals surface area contributed by atoms with Crippen LogP contribution in [0.3, 0.4) is 0 Å². The van der Waals surface area contributed by atoms with Crippen molar-refractivity contribution in [1.29, 1.82) is 0 Å². The highest BCUT2D eigenvalue weighted by Gasteiger charge is 2.27. The highest BCUT2D eigenvalue weighted by molar-refractivity contribution is 7.90. The minimum Gasteiger partial charge on any atom is -0.349 e. The summed E-state index contributed by atoms with van der Waals surface area (Å²) in [7, 11) is -3.23. The van der Waals surface area contributed by atoms with E-state index in [-0.39, 0.29) is 22.8 Å². The van der Waals surface area contributed by atoms with Gasteiger partial charge in [-0.15, -0.1) is 0 Å². The van der Waals surface area contributed by atoms with Crippen molar-refractivity contribution in [3.8, 4) is 11.4 Å². The average Bonchev–Trinajstić information content (AvgIpc) is 3.28. The molecule has 9 heteroatoms. The smallest absolute Gasteiger partial charge is 0.241 e. The molecule has 1 aliphatic rings. The summed E-state index contributed by atoms with van der Waals surface area (Å²) in [5.74, 6) is 1.13. The fourth-order valence-corrected chi connectivity index (χ4v) is 4.62. The highest BCUT2D eigenvalue weighted by Crippen LogP contribution is 2.22. The van der Waals surface area contributed by atoms with Gasteiger partial charge in [0.25, 0.3) is 0 Å². The number of amides is 1. The van der Waals surface area contributed by atoms with Gasteiger partial charge >= 0.3 is 0 Å². The summed E-state index contributed by atoms with van der Waals surface area (Å²) in [5.41, 5.74) is 1.79. The van der Waals surface area contributed by atoms with Crippen molar-refractivity contribution in [2.24, 2.45) is 5.92 Å². The molecule has 1 aliphatic heterocycles. The molecule has 2 heterocycles. The molecule has 33 heavy (non-hydrogen) atoms. The zero-order chi connectivity index (χ0) is 23.4. The van der Waals surface area contributed by atoms with Gasteiger partial charge in [0.05, 0.1) is 17.5 Å². The maximum Gasteiger partial charge on any atom is 0.241 e. The molecule has 1 amide bonds. The lowest BCUT2D eigenvalue weighted by atomic mass is 9.95. The van der Waals surface area contributed by atoms with Crippen molar-refractivity contribution in [3.63, 3.8) is 0 Å². The van der Waals surface area contributed by atoms with Crippen LogP contribution in [0.4, 0.5) is 0 Å². The van der Waals surface area contributed by atoms with Crippen LogP contribution in [0.2, 0.25) is 0 Å². The molecule has 1 N–H and O–H groups in total. The van der Waals surface area contributed by atoms with Crippen LogP contribution < -0.4 is 5.32 Å². The lowest BCUT2D eigenvalue weighted by molar-refractivity contribution is -0.127. The molecule has 1 fully saturated rings. The Morgan fingerprint density at radius 2 is 1.79 bits per heavy atom. The van der Waals surface area contributed by atoms with E-state index in [2.05, 4.69) is 20.4 Å². The SMILES string of the molecule is CC(NC(=O)C1CCN(Cc2nc(-c3ccccc3)no2)CC1)c1ccc(S(C)(=O)=O)cc1. The van der Waals surface area contributed by atoms with Crippen molar-refractivity contribution in [2.45, 2.75) is 37.2 Å². The molecular formula is C24H28N4O4S. The molecule has 2 aromatic carbocycles. The third kappa shape index (κ3) is 5.85. The second kappa shape index (κ2) is 9.84. The summed E-state index contributed by atoms with van der Waals surface area (Å²) in [6, 6.07) is 16.2. The van der Waals surface area contributed by atoms with E-state index >= 15 is 0 Å². The lowest BCUT2D eigenvalue weighted by Crippen LogP contribution is -2.40. The summed E-state index contributed by atoms with van der Waals surface area (Å²) in [5, 5.41) is 7.13. The third-order valence-corrected chi connectivity index (χ3v) is 7.11. The monoisotopic (exact) mass is 468 g/mol. The van der Waals surface area contributed by atoms with Crippen molar-refractivity contribution >= 4 is 15.7 Å². The van der Waals surface area contributed by atoms with E-state index in [0.717, 1.165) is 37.1 Å². The van der Waals surface area contributed by atoms with E-state index < -0.39 is 9.84 Å². The Hall–Kier alpha value is -3.04. The maximum atomic E-state index is 12.8. The lowest BCUT2D eigenvalue weighted by Gasteiger charge is -2.30. The number of carbonyl (C=O) groups excluding carboxylic acids is 1. The number of hydrogen-bond acceptors (Lipinski definition) is 7. The predicted octanol–water partition coefficient (Wildman–Crippen LogP) is 3.23. The van der Waals surface area contributed by atoms with Gasteiger partial charge in [-0.25, -0.2) is 8.42 Å². The molecule has 0 radical (unpaired) electrons. The summed E-state index contributed by atoms with van der Waals surface area (Å²) in [4.78, 5) is 19.7. The van der Waals surface area contributed by atoms with Gasteiger partial charge in [-0.3, -0.25) is 9.69 Å². The van der Waals surface area contributed by atoms with E-state index in [9.17, 15) is 13.2 Å². The summed E-state index contributed by atoms with van der Waals surface area (Å²) in [6.45, 7) is 4.02. The van der Waals surface area contributed by atoms with Crippen LogP contribution in [0.5, 0.6) is 0 Å². The highest BCUT2D eigenvalue weighted by atomic mass is 32.2. The van der Waals surface area contributed by atoms with Crippen LogP contribution >= 0.6 is 0 Å². The molecule has 1 aromatic heterocycles. The van der Waals surface area contributed by atoms with Crippen LogP contribution in [0, 0.1) is 5.92 Å². The van der Waals surface area contributed by atoms with Crippen molar-refractivity contribution in [1.82, 2.24) is 20.4 Å². The van der Waals surface area contributed by atoms with E-state index in [1.807, 2.05) is 37.3 Å².